The average molecular weight is 401 g/mol. The van der Waals surface area contributed by atoms with Gasteiger partial charge in [-0.1, -0.05) is 29.8 Å². The number of aromatic hydroxyl groups is 1. The lowest BCUT2D eigenvalue weighted by Crippen LogP contribution is -2.22. The van der Waals surface area contributed by atoms with E-state index in [2.05, 4.69) is 65.2 Å². The smallest absolute Gasteiger partial charge is 0.197 e. The summed E-state index contributed by atoms with van der Waals surface area (Å²) in [5.74, 6) is 0.208. The molecule has 0 saturated carbocycles. The van der Waals surface area contributed by atoms with Gasteiger partial charge >= 0.3 is 0 Å². The van der Waals surface area contributed by atoms with Gasteiger partial charge in [0.1, 0.15) is 0 Å². The Bertz CT molecular complexity index is 1170. The zero-order valence-electron chi connectivity index (χ0n) is 17.7. The molecule has 1 aromatic heterocycles. The molecule has 0 atom stereocenters. The van der Waals surface area contributed by atoms with Crippen molar-refractivity contribution in [3.05, 3.63) is 64.2 Å². The minimum atomic E-state index is 0.208. The van der Waals surface area contributed by atoms with E-state index in [1.807, 2.05) is 0 Å². The van der Waals surface area contributed by atoms with Crippen molar-refractivity contribution < 1.29 is 5.11 Å². The molecule has 1 fully saturated rings. The number of aryl methyl sites for hydroxylation is 2. The van der Waals surface area contributed by atoms with E-state index >= 15 is 0 Å². The highest BCUT2D eigenvalue weighted by Crippen LogP contribution is 2.45. The Kier molecular flexibility index (Phi) is 4.91. The molecule has 30 heavy (non-hydrogen) atoms. The Labute approximate surface area is 177 Å². The first-order valence-corrected chi connectivity index (χ1v) is 10.8. The van der Waals surface area contributed by atoms with Crippen LogP contribution in [0.2, 0.25) is 0 Å². The molecule has 2 heterocycles. The van der Waals surface area contributed by atoms with Gasteiger partial charge < -0.3 is 15.0 Å². The number of hydrogen-bond donors (Lipinski definition) is 2. The normalized spacial score (nSPS) is 17.0. The molecule has 0 unspecified atom stereocenters. The molecular formula is C25H28N4O. The quantitative estimate of drug-likeness (QED) is 0.558. The first-order valence-electron chi connectivity index (χ1n) is 10.8. The predicted octanol–water partition coefficient (Wildman–Crippen LogP) is 5.46. The number of nitrogens with one attached hydrogen (secondary N) is 1. The van der Waals surface area contributed by atoms with Gasteiger partial charge in [-0.15, -0.1) is 0 Å². The summed E-state index contributed by atoms with van der Waals surface area (Å²) < 4.78 is 0. The Morgan fingerprint density at radius 3 is 2.63 bits per heavy atom. The minimum Gasteiger partial charge on any atom is -0.494 e. The summed E-state index contributed by atoms with van der Waals surface area (Å²) in [5.41, 5.74) is 8.50. The molecule has 0 bridgehead atoms. The molecule has 5 nitrogen and oxygen atoms in total. The van der Waals surface area contributed by atoms with E-state index < -0.39 is 0 Å². The first-order chi connectivity index (χ1) is 14.6. The second-order valence-electron chi connectivity index (χ2n) is 8.58. The standard InChI is InChI=1S/C25H28N4O/c1-16-5-7-18-15-21(23-19-8-6-17(2)14-22(19)27-25(23)30)24(20(18)13-16)28-26-9-12-29-10-3-4-11-29/h5-8,13-14,27,30H,3-4,9-12,15H2,1-2H3. The summed E-state index contributed by atoms with van der Waals surface area (Å²) in [6.07, 6.45) is 3.33. The highest BCUT2D eigenvalue weighted by Gasteiger charge is 2.27. The molecule has 0 amide bonds. The van der Waals surface area contributed by atoms with Crippen molar-refractivity contribution in [2.24, 2.45) is 10.2 Å². The number of rotatable bonds is 5. The van der Waals surface area contributed by atoms with Crippen molar-refractivity contribution in [3.63, 3.8) is 0 Å². The number of allylic oxidation sites excluding steroid dienone is 1. The fourth-order valence-electron chi connectivity index (χ4n) is 4.74. The van der Waals surface area contributed by atoms with Crippen LogP contribution in [0.25, 0.3) is 22.2 Å². The van der Waals surface area contributed by atoms with Crippen LogP contribution in [-0.2, 0) is 6.42 Å². The van der Waals surface area contributed by atoms with Gasteiger partial charge in [-0.25, -0.2) is 0 Å². The Balaban J connectivity index is 1.55. The second kappa shape index (κ2) is 7.73. The Morgan fingerprint density at radius 1 is 1.03 bits per heavy atom. The lowest BCUT2D eigenvalue weighted by Gasteiger charge is -2.11. The highest BCUT2D eigenvalue weighted by atomic mass is 16.3. The Hall–Kier alpha value is -2.92. The average Bonchev–Trinajstić information content (AvgIpc) is 3.42. The van der Waals surface area contributed by atoms with Crippen molar-refractivity contribution in [3.8, 4) is 5.88 Å². The van der Waals surface area contributed by atoms with Gasteiger partial charge in [-0.05, 0) is 68.6 Å². The molecule has 0 spiro atoms. The maximum atomic E-state index is 10.8. The third-order valence-electron chi connectivity index (χ3n) is 6.30. The zero-order chi connectivity index (χ0) is 20.7. The van der Waals surface area contributed by atoms with Crippen LogP contribution in [0.4, 0.5) is 0 Å². The van der Waals surface area contributed by atoms with Crippen LogP contribution >= 0.6 is 0 Å². The van der Waals surface area contributed by atoms with E-state index in [0.717, 1.165) is 51.8 Å². The number of nitrogens with zero attached hydrogens (tertiary/aromatic N) is 3. The van der Waals surface area contributed by atoms with Gasteiger partial charge in [0.15, 0.2) is 5.88 Å². The van der Waals surface area contributed by atoms with Crippen molar-refractivity contribution in [1.29, 1.82) is 0 Å². The van der Waals surface area contributed by atoms with Crippen molar-refractivity contribution in [1.82, 2.24) is 9.88 Å². The maximum Gasteiger partial charge on any atom is 0.197 e. The topological polar surface area (TPSA) is 64.0 Å². The summed E-state index contributed by atoms with van der Waals surface area (Å²) in [6.45, 7) is 8.18. The monoisotopic (exact) mass is 400 g/mol. The van der Waals surface area contributed by atoms with Crippen LogP contribution in [0.15, 0.2) is 46.6 Å². The molecule has 2 N–H and O–H groups in total. The molecule has 1 aliphatic heterocycles. The molecule has 1 saturated heterocycles. The number of fused-ring (bicyclic) bond motifs is 2. The molecule has 0 radical (unpaired) electrons. The van der Waals surface area contributed by atoms with Crippen molar-refractivity contribution in [2.45, 2.75) is 33.1 Å². The number of H-pyrrole nitrogens is 1. The fourth-order valence-corrected chi connectivity index (χ4v) is 4.74. The van der Waals surface area contributed by atoms with E-state index in [1.54, 1.807) is 0 Å². The van der Waals surface area contributed by atoms with E-state index in [0.29, 0.717) is 6.54 Å². The lowest BCUT2D eigenvalue weighted by atomic mass is 10.0. The van der Waals surface area contributed by atoms with Gasteiger partial charge in [0, 0.05) is 35.0 Å². The minimum absolute atomic E-state index is 0.208. The van der Waals surface area contributed by atoms with Gasteiger partial charge in [0.25, 0.3) is 0 Å². The fraction of sp³-hybridized carbons (Fsp3) is 0.360. The molecule has 154 valence electrons. The number of aromatic nitrogens is 1. The zero-order valence-corrected chi connectivity index (χ0v) is 17.7. The van der Waals surface area contributed by atoms with E-state index in [4.69, 9.17) is 5.11 Å². The third-order valence-corrected chi connectivity index (χ3v) is 6.30. The molecule has 1 aliphatic carbocycles. The van der Waals surface area contributed by atoms with Crippen LogP contribution in [0.1, 0.15) is 40.7 Å². The molecule has 5 heteroatoms. The van der Waals surface area contributed by atoms with Crippen LogP contribution in [0.3, 0.4) is 0 Å². The van der Waals surface area contributed by atoms with Gasteiger partial charge in [-0.2, -0.15) is 10.2 Å². The van der Waals surface area contributed by atoms with Crippen LogP contribution in [0, 0.1) is 13.8 Å². The maximum absolute atomic E-state index is 10.8. The largest absolute Gasteiger partial charge is 0.494 e. The Morgan fingerprint density at radius 2 is 1.80 bits per heavy atom. The molecule has 2 aliphatic rings. The lowest BCUT2D eigenvalue weighted by molar-refractivity contribution is 0.347. The predicted molar refractivity (Wildman–Crippen MR) is 122 cm³/mol. The second-order valence-corrected chi connectivity index (χ2v) is 8.58. The van der Waals surface area contributed by atoms with Crippen LogP contribution in [0.5, 0.6) is 5.88 Å². The summed E-state index contributed by atoms with van der Waals surface area (Å²) in [7, 11) is 0. The SMILES string of the molecule is Cc1ccc2c(c1)C(N=NCCN1CCCC1)=C(c1c(O)[nH]c3cc(C)ccc13)C2. The number of benzene rings is 2. The summed E-state index contributed by atoms with van der Waals surface area (Å²) in [4.78, 5) is 5.60. The van der Waals surface area contributed by atoms with Gasteiger partial charge in [0.2, 0.25) is 0 Å². The highest BCUT2D eigenvalue weighted by molar-refractivity contribution is 6.05. The van der Waals surface area contributed by atoms with Gasteiger partial charge in [0.05, 0.1) is 12.2 Å². The van der Waals surface area contributed by atoms with E-state index in [1.165, 1.54) is 37.1 Å². The summed E-state index contributed by atoms with van der Waals surface area (Å²) in [5, 5.41) is 21.1. The van der Waals surface area contributed by atoms with E-state index in [-0.39, 0.29) is 5.88 Å². The molecule has 5 rings (SSSR count). The first kappa shape index (κ1) is 19.1. The van der Waals surface area contributed by atoms with Crippen LogP contribution < -0.4 is 0 Å². The summed E-state index contributed by atoms with van der Waals surface area (Å²) >= 11 is 0. The van der Waals surface area contributed by atoms with Crippen molar-refractivity contribution >= 4 is 22.2 Å². The van der Waals surface area contributed by atoms with E-state index in [9.17, 15) is 5.11 Å². The number of aromatic amines is 1. The van der Waals surface area contributed by atoms with Crippen LogP contribution in [-0.4, -0.2) is 41.2 Å². The number of likely N-dealkylation sites (tertiary alicyclic amines) is 1. The third kappa shape index (κ3) is 3.43. The molecule has 3 aromatic rings. The number of azo groups is 1. The number of hydrogen-bond acceptors (Lipinski definition) is 4. The van der Waals surface area contributed by atoms with Crippen molar-refractivity contribution in [2.75, 3.05) is 26.2 Å². The molecular weight excluding hydrogens is 372 g/mol. The summed E-state index contributed by atoms with van der Waals surface area (Å²) in [6, 6.07) is 12.7. The van der Waals surface area contributed by atoms with Gasteiger partial charge in [-0.3, -0.25) is 0 Å². The molecule has 2 aromatic carbocycles.